The van der Waals surface area contributed by atoms with Crippen molar-refractivity contribution in [2.24, 2.45) is 92.7 Å². The van der Waals surface area contributed by atoms with Crippen molar-refractivity contribution in [2.75, 3.05) is 53.1 Å². The highest BCUT2D eigenvalue weighted by Gasteiger charge is 2.64. The Morgan fingerprint density at radius 1 is 0.618 bits per heavy atom. The Morgan fingerprint density at radius 3 is 1.87 bits per heavy atom. The first kappa shape index (κ1) is 51.6. The molecule has 0 aromatic carbocycles. The first-order valence-electron chi connectivity index (χ1n) is 29.5. The van der Waals surface area contributed by atoms with Crippen LogP contribution in [0.5, 0.6) is 0 Å². The normalized spacial score (nSPS) is 45.4. The van der Waals surface area contributed by atoms with Gasteiger partial charge in [-0.05, 0) is 241 Å². The first-order chi connectivity index (χ1) is 32.7. The summed E-state index contributed by atoms with van der Waals surface area (Å²) in [6.45, 7) is 22.3. The van der Waals surface area contributed by atoms with Gasteiger partial charge in [0.2, 0.25) is 0 Å². The Bertz CT molecular complexity index is 1690. The molecule has 8 aliphatic carbocycles. The summed E-state index contributed by atoms with van der Waals surface area (Å²) in [6, 6.07) is 1.21. The predicted octanol–water partition coefficient (Wildman–Crippen LogP) is 10.8. The van der Waals surface area contributed by atoms with Gasteiger partial charge in [-0.3, -0.25) is 14.9 Å². The van der Waals surface area contributed by atoms with Crippen molar-refractivity contribution in [3.8, 4) is 0 Å². The van der Waals surface area contributed by atoms with Crippen LogP contribution in [-0.2, 0) is 19.1 Å². The zero-order chi connectivity index (χ0) is 47.8. The number of nitrogens with zero attached hydrogens (tertiary/aromatic N) is 1. The lowest BCUT2D eigenvalue weighted by atomic mass is 9.43. The molecule has 0 spiro atoms. The molecule has 8 saturated carbocycles. The number of rotatable bonds is 18. The largest absolute Gasteiger partial charge is 0.469 e. The van der Waals surface area contributed by atoms with E-state index in [-0.39, 0.29) is 23.5 Å². The quantitative estimate of drug-likeness (QED) is 0.0606. The topological polar surface area (TPSA) is 112 Å². The van der Waals surface area contributed by atoms with E-state index in [2.05, 4.69) is 62.4 Å². The summed E-state index contributed by atoms with van der Waals surface area (Å²) in [5.41, 5.74) is 1.53. The molecule has 19 atom stereocenters. The van der Waals surface area contributed by atoms with Gasteiger partial charge in [-0.15, -0.1) is 0 Å². The minimum absolute atomic E-state index is 0.0477. The molecule has 9 heteroatoms. The van der Waals surface area contributed by atoms with E-state index in [1.165, 1.54) is 149 Å². The van der Waals surface area contributed by atoms with Crippen LogP contribution in [0.1, 0.15) is 196 Å². The van der Waals surface area contributed by atoms with E-state index in [0.29, 0.717) is 83.3 Å². The Kier molecular flexibility index (Phi) is 16.5. The van der Waals surface area contributed by atoms with E-state index in [0.717, 1.165) is 74.4 Å². The summed E-state index contributed by atoms with van der Waals surface area (Å²) in [5, 5.41) is 23.2. The van der Waals surface area contributed by atoms with Crippen LogP contribution in [0, 0.1) is 92.7 Å². The second-order valence-electron chi connectivity index (χ2n) is 26.9. The summed E-state index contributed by atoms with van der Waals surface area (Å²) < 4.78 is 10.7. The van der Waals surface area contributed by atoms with Gasteiger partial charge in [0.15, 0.2) is 0 Å². The van der Waals surface area contributed by atoms with Gasteiger partial charge in [0, 0.05) is 51.1 Å². The molecule has 388 valence electrons. The fourth-order valence-corrected chi connectivity index (χ4v) is 20.2. The molecule has 68 heavy (non-hydrogen) atoms. The molecule has 9 fully saturated rings. The molecule has 0 aromatic heterocycles. The van der Waals surface area contributed by atoms with Gasteiger partial charge in [0.1, 0.15) is 6.73 Å². The minimum Gasteiger partial charge on any atom is -0.469 e. The number of hydrogen-bond acceptors (Lipinski definition) is 9. The highest BCUT2D eigenvalue weighted by Crippen LogP contribution is 2.70. The highest BCUT2D eigenvalue weighted by atomic mass is 16.5. The van der Waals surface area contributed by atoms with Crippen LogP contribution in [0.2, 0.25) is 0 Å². The average molecular weight is 947 g/mol. The van der Waals surface area contributed by atoms with E-state index in [4.69, 9.17) is 9.47 Å². The van der Waals surface area contributed by atoms with E-state index >= 15 is 0 Å². The molecule has 4 N–H and O–H groups in total. The molecule has 9 aliphatic rings. The second-order valence-corrected chi connectivity index (χ2v) is 26.9. The molecular weight excluding hydrogens is 845 g/mol. The third kappa shape index (κ3) is 10.2. The number of fused-ring (bicyclic) bond motifs is 10. The summed E-state index contributed by atoms with van der Waals surface area (Å²) in [4.78, 5) is 27.7. The minimum atomic E-state index is -0.205. The molecule has 9 rings (SSSR count). The Labute approximate surface area is 415 Å². The standard InChI is InChI=1S/C59H102N4O5/c1-39(11-19-53(65)67-7)47-16-18-50-55-51(24-28-59(47,50)6)57(4)26-22-44(36-42(57)37-52(55)64)61-30-29-60-38-68-54(66)20-12-40(2)46-15-17-48-45-14-13-41-35-43(62-31-34-63-32-9-8-10-33-63)21-25-56(41,3)49(45)23-27-58(46,48)5/h39-52,55,60-62,64H,8-38H2,1-7H3. The van der Waals surface area contributed by atoms with E-state index in [1.54, 1.807) is 0 Å². The number of piperidine rings is 1. The third-order valence-electron chi connectivity index (χ3n) is 24.1. The summed E-state index contributed by atoms with van der Waals surface area (Å²) >= 11 is 0. The van der Waals surface area contributed by atoms with Crippen molar-refractivity contribution in [3.05, 3.63) is 0 Å². The predicted molar refractivity (Wildman–Crippen MR) is 273 cm³/mol. The molecule has 9 nitrogen and oxygen atoms in total. The van der Waals surface area contributed by atoms with Crippen LogP contribution in [-0.4, -0.2) is 93.2 Å². The van der Waals surface area contributed by atoms with Gasteiger partial charge in [0.05, 0.1) is 13.2 Å². The highest BCUT2D eigenvalue weighted by molar-refractivity contribution is 5.69. The van der Waals surface area contributed by atoms with Crippen molar-refractivity contribution in [3.63, 3.8) is 0 Å². The molecule has 0 aromatic rings. The Morgan fingerprint density at radius 2 is 1.18 bits per heavy atom. The van der Waals surface area contributed by atoms with Gasteiger partial charge < -0.3 is 30.1 Å². The molecule has 0 bridgehead atoms. The summed E-state index contributed by atoms with van der Waals surface area (Å²) in [7, 11) is 1.50. The fourth-order valence-electron chi connectivity index (χ4n) is 20.2. The number of aliphatic hydroxyl groups excluding tert-OH is 1. The van der Waals surface area contributed by atoms with Gasteiger partial charge in [-0.1, -0.05) is 48.0 Å². The number of methoxy groups -OCH3 is 1. The van der Waals surface area contributed by atoms with Crippen LogP contribution >= 0.6 is 0 Å². The number of ether oxygens (including phenoxy) is 2. The molecule has 0 radical (unpaired) electrons. The van der Waals surface area contributed by atoms with Crippen molar-refractivity contribution in [2.45, 2.75) is 214 Å². The van der Waals surface area contributed by atoms with Crippen LogP contribution in [0.15, 0.2) is 0 Å². The molecule has 1 heterocycles. The number of carbonyl (C=O) groups excluding carboxylic acids is 2. The fraction of sp³-hybridized carbons (Fsp3) is 0.966. The van der Waals surface area contributed by atoms with E-state index < -0.39 is 0 Å². The molecule has 0 amide bonds. The van der Waals surface area contributed by atoms with Crippen LogP contribution < -0.4 is 16.0 Å². The number of hydrogen-bond donors (Lipinski definition) is 4. The number of aliphatic hydroxyl groups is 1. The average Bonchev–Trinajstić information content (AvgIpc) is 3.88. The lowest BCUT2D eigenvalue weighted by molar-refractivity contribution is -0.167. The van der Waals surface area contributed by atoms with Crippen molar-refractivity contribution in [1.29, 1.82) is 0 Å². The lowest BCUT2D eigenvalue weighted by Crippen LogP contribution is -2.59. The summed E-state index contributed by atoms with van der Waals surface area (Å²) in [5.74, 6) is 8.04. The maximum atomic E-state index is 13.1. The zero-order valence-electron chi connectivity index (χ0n) is 44.6. The van der Waals surface area contributed by atoms with E-state index in [9.17, 15) is 14.7 Å². The maximum absolute atomic E-state index is 13.1. The SMILES string of the molecule is COC(=O)CCC(C)C1CCC2C3C(O)CC4CC(NCCNCOC(=O)CCC(C)C5CCC6C7CCC8CC(NCCN9CCCCC9)CCC8(C)C7CCC56C)CCC4(C)C3CCC12C. The zero-order valence-corrected chi connectivity index (χ0v) is 44.6. The first-order valence-corrected chi connectivity index (χ1v) is 29.5. The van der Waals surface area contributed by atoms with Crippen LogP contribution in [0.25, 0.3) is 0 Å². The van der Waals surface area contributed by atoms with Crippen LogP contribution in [0.4, 0.5) is 0 Å². The second kappa shape index (κ2) is 21.7. The number of nitrogens with one attached hydrogen (secondary N) is 3. The smallest absolute Gasteiger partial charge is 0.307 e. The van der Waals surface area contributed by atoms with Gasteiger partial charge >= 0.3 is 11.9 Å². The van der Waals surface area contributed by atoms with Crippen molar-refractivity contribution < 1.29 is 24.2 Å². The maximum Gasteiger partial charge on any atom is 0.307 e. The summed E-state index contributed by atoms with van der Waals surface area (Å²) in [6.07, 6.45) is 29.1. The third-order valence-corrected chi connectivity index (χ3v) is 24.1. The number of esters is 2. The van der Waals surface area contributed by atoms with Crippen LogP contribution in [0.3, 0.4) is 0 Å². The molecule has 1 saturated heterocycles. The monoisotopic (exact) mass is 947 g/mol. The van der Waals surface area contributed by atoms with Gasteiger partial charge in [-0.2, -0.15) is 0 Å². The molecule has 1 aliphatic heterocycles. The Balaban J connectivity index is 0.657. The van der Waals surface area contributed by atoms with Crippen molar-refractivity contribution in [1.82, 2.24) is 20.9 Å². The van der Waals surface area contributed by atoms with Gasteiger partial charge in [-0.25, -0.2) is 0 Å². The number of likely N-dealkylation sites (tertiary alicyclic amines) is 1. The van der Waals surface area contributed by atoms with E-state index in [1.807, 2.05) is 0 Å². The molecular formula is C59H102N4O5. The van der Waals surface area contributed by atoms with Gasteiger partial charge in [0.25, 0.3) is 0 Å². The van der Waals surface area contributed by atoms with Crippen molar-refractivity contribution >= 4 is 11.9 Å². The molecule has 19 unspecified atom stereocenters. The Hall–Kier alpha value is -1.26. The number of carbonyl (C=O) groups is 2. The lowest BCUT2D eigenvalue weighted by Gasteiger charge is -2.62.